The van der Waals surface area contributed by atoms with Crippen LogP contribution in [0.15, 0.2) is 12.1 Å². The van der Waals surface area contributed by atoms with Crippen molar-refractivity contribution in [2.24, 2.45) is 12.9 Å². The topological polar surface area (TPSA) is 81.7 Å². The van der Waals surface area contributed by atoms with Crippen LogP contribution >= 0.6 is 11.3 Å². The number of thiophene rings is 1. The Morgan fingerprint density at radius 2 is 2.38 bits per heavy atom. The van der Waals surface area contributed by atoms with Gasteiger partial charge in [-0.2, -0.15) is 4.80 Å². The maximum atomic E-state index is 5.54. The number of nitrogens with zero attached hydrogens (tertiary/aromatic N) is 4. The minimum Gasteiger partial charge on any atom is -0.271 e. The molecule has 0 aliphatic heterocycles. The van der Waals surface area contributed by atoms with Gasteiger partial charge in [0, 0.05) is 16.2 Å². The van der Waals surface area contributed by atoms with E-state index < -0.39 is 0 Å². The normalized spacial score (nSPS) is 12.9. The summed E-state index contributed by atoms with van der Waals surface area (Å²) in [6.45, 7) is 2.07. The highest BCUT2D eigenvalue weighted by molar-refractivity contribution is 7.12. The van der Waals surface area contributed by atoms with Crippen LogP contribution in [-0.2, 0) is 13.5 Å². The van der Waals surface area contributed by atoms with Gasteiger partial charge in [0.1, 0.15) is 0 Å². The van der Waals surface area contributed by atoms with E-state index in [-0.39, 0.29) is 6.04 Å². The summed E-state index contributed by atoms with van der Waals surface area (Å²) >= 11 is 1.72. The average Bonchev–Trinajstić information content (AvgIpc) is 2.84. The molecule has 0 aromatic carbocycles. The zero-order valence-corrected chi connectivity index (χ0v) is 10.0. The lowest BCUT2D eigenvalue weighted by Crippen LogP contribution is -2.29. The minimum atomic E-state index is 0.0444. The molecule has 3 N–H and O–H groups in total. The van der Waals surface area contributed by atoms with Gasteiger partial charge in [-0.3, -0.25) is 11.3 Å². The number of aromatic nitrogens is 4. The average molecular weight is 238 g/mol. The number of rotatable bonds is 4. The highest BCUT2D eigenvalue weighted by atomic mass is 32.1. The van der Waals surface area contributed by atoms with Crippen molar-refractivity contribution in [2.45, 2.75) is 19.4 Å². The third-order valence-corrected chi connectivity index (χ3v) is 3.36. The standard InChI is InChI=1S/C9H14N6S/c1-6-3-4-8(16-6)7(11-10)5-9-12-14-15(2)13-9/h3-4,7,11H,5,10H2,1-2H3. The van der Waals surface area contributed by atoms with Crippen molar-refractivity contribution < 1.29 is 0 Å². The summed E-state index contributed by atoms with van der Waals surface area (Å²) < 4.78 is 0. The number of hydrogen-bond donors (Lipinski definition) is 2. The van der Waals surface area contributed by atoms with E-state index in [1.54, 1.807) is 18.4 Å². The molecule has 0 saturated heterocycles. The smallest absolute Gasteiger partial charge is 0.176 e. The molecular formula is C9H14N6S. The van der Waals surface area contributed by atoms with Gasteiger partial charge in [-0.25, -0.2) is 0 Å². The molecule has 1 unspecified atom stereocenters. The molecule has 7 heteroatoms. The SMILES string of the molecule is Cc1ccc(C(Cc2nnn(C)n2)NN)s1. The Kier molecular flexibility index (Phi) is 3.28. The van der Waals surface area contributed by atoms with E-state index in [1.165, 1.54) is 14.6 Å². The van der Waals surface area contributed by atoms with Crippen molar-refractivity contribution in [3.8, 4) is 0 Å². The summed E-state index contributed by atoms with van der Waals surface area (Å²) in [5, 5.41) is 11.9. The number of nitrogens with one attached hydrogen (secondary N) is 1. The Balaban J connectivity index is 2.12. The fourth-order valence-corrected chi connectivity index (χ4v) is 2.41. The molecular weight excluding hydrogens is 224 g/mol. The summed E-state index contributed by atoms with van der Waals surface area (Å²) in [4.78, 5) is 3.90. The zero-order chi connectivity index (χ0) is 11.5. The zero-order valence-electron chi connectivity index (χ0n) is 9.21. The van der Waals surface area contributed by atoms with Crippen LogP contribution in [0.3, 0.4) is 0 Å². The van der Waals surface area contributed by atoms with Crippen LogP contribution in [0, 0.1) is 6.92 Å². The van der Waals surface area contributed by atoms with Crippen LogP contribution in [0.4, 0.5) is 0 Å². The minimum absolute atomic E-state index is 0.0444. The van der Waals surface area contributed by atoms with Gasteiger partial charge in [-0.05, 0) is 24.3 Å². The second-order valence-electron chi connectivity index (χ2n) is 3.57. The molecule has 0 fully saturated rings. The number of nitrogens with two attached hydrogens (primary N) is 1. The summed E-state index contributed by atoms with van der Waals surface area (Å²) in [5.74, 6) is 6.23. The van der Waals surface area contributed by atoms with Crippen LogP contribution in [0.25, 0.3) is 0 Å². The van der Waals surface area contributed by atoms with Crippen molar-refractivity contribution in [1.82, 2.24) is 25.6 Å². The fourth-order valence-electron chi connectivity index (χ4n) is 1.47. The van der Waals surface area contributed by atoms with Crippen molar-refractivity contribution in [1.29, 1.82) is 0 Å². The van der Waals surface area contributed by atoms with E-state index in [0.29, 0.717) is 12.2 Å². The number of tetrazole rings is 1. The van der Waals surface area contributed by atoms with Crippen LogP contribution < -0.4 is 11.3 Å². The van der Waals surface area contributed by atoms with Gasteiger partial charge < -0.3 is 0 Å². The Morgan fingerprint density at radius 1 is 1.56 bits per heavy atom. The van der Waals surface area contributed by atoms with Gasteiger partial charge in [0.25, 0.3) is 0 Å². The van der Waals surface area contributed by atoms with Gasteiger partial charge in [0.2, 0.25) is 0 Å². The monoisotopic (exact) mass is 238 g/mol. The lowest BCUT2D eigenvalue weighted by atomic mass is 10.2. The van der Waals surface area contributed by atoms with Gasteiger partial charge >= 0.3 is 0 Å². The van der Waals surface area contributed by atoms with E-state index in [2.05, 4.69) is 39.9 Å². The Bertz CT molecular complexity index is 462. The molecule has 2 heterocycles. The first kappa shape index (κ1) is 11.2. The third kappa shape index (κ3) is 2.43. The van der Waals surface area contributed by atoms with Gasteiger partial charge in [0.05, 0.1) is 13.1 Å². The van der Waals surface area contributed by atoms with Crippen molar-refractivity contribution in [3.63, 3.8) is 0 Å². The molecule has 0 aliphatic carbocycles. The lowest BCUT2D eigenvalue weighted by Gasteiger charge is -2.11. The Labute approximate surface area is 97.4 Å². The third-order valence-electron chi connectivity index (χ3n) is 2.24. The van der Waals surface area contributed by atoms with E-state index in [4.69, 9.17) is 5.84 Å². The molecule has 0 radical (unpaired) electrons. The highest BCUT2D eigenvalue weighted by Crippen LogP contribution is 2.24. The largest absolute Gasteiger partial charge is 0.271 e. The van der Waals surface area contributed by atoms with Crippen LogP contribution in [0.1, 0.15) is 21.6 Å². The Morgan fingerprint density at radius 3 is 2.88 bits per heavy atom. The quantitative estimate of drug-likeness (QED) is 0.592. The molecule has 0 aliphatic rings. The second-order valence-corrected chi connectivity index (χ2v) is 4.89. The summed E-state index contributed by atoms with van der Waals surface area (Å²) in [7, 11) is 1.75. The lowest BCUT2D eigenvalue weighted by molar-refractivity contribution is 0.544. The van der Waals surface area contributed by atoms with Crippen molar-refractivity contribution in [2.75, 3.05) is 0 Å². The molecule has 6 nitrogen and oxygen atoms in total. The Hall–Kier alpha value is -1.31. The second kappa shape index (κ2) is 4.69. The number of hydrazine groups is 1. The summed E-state index contributed by atoms with van der Waals surface area (Å²) in [6.07, 6.45) is 0.643. The number of hydrogen-bond acceptors (Lipinski definition) is 6. The van der Waals surface area contributed by atoms with Gasteiger partial charge in [-0.15, -0.1) is 21.5 Å². The van der Waals surface area contributed by atoms with Crippen LogP contribution in [0.5, 0.6) is 0 Å². The maximum Gasteiger partial charge on any atom is 0.176 e. The molecule has 1 atom stereocenters. The maximum absolute atomic E-state index is 5.54. The fraction of sp³-hybridized carbons (Fsp3) is 0.444. The first-order valence-corrected chi connectivity index (χ1v) is 5.76. The predicted molar refractivity (Wildman–Crippen MR) is 61.6 cm³/mol. The van der Waals surface area contributed by atoms with E-state index in [1.807, 2.05) is 0 Å². The highest BCUT2D eigenvalue weighted by Gasteiger charge is 2.15. The molecule has 0 amide bonds. The molecule has 0 saturated carbocycles. The number of aryl methyl sites for hydroxylation is 2. The van der Waals surface area contributed by atoms with Crippen molar-refractivity contribution >= 4 is 11.3 Å². The molecule has 16 heavy (non-hydrogen) atoms. The van der Waals surface area contributed by atoms with Gasteiger partial charge in [0.15, 0.2) is 5.82 Å². The predicted octanol–water partition coefficient (Wildman–Crippen LogP) is 0.327. The van der Waals surface area contributed by atoms with E-state index >= 15 is 0 Å². The van der Waals surface area contributed by atoms with E-state index in [0.717, 1.165) is 0 Å². The molecule has 0 spiro atoms. The first-order chi connectivity index (χ1) is 7.69. The molecule has 0 bridgehead atoms. The van der Waals surface area contributed by atoms with Crippen LogP contribution in [0.2, 0.25) is 0 Å². The van der Waals surface area contributed by atoms with Crippen LogP contribution in [-0.4, -0.2) is 20.2 Å². The molecule has 2 aromatic rings. The first-order valence-electron chi connectivity index (χ1n) is 4.94. The van der Waals surface area contributed by atoms with E-state index in [9.17, 15) is 0 Å². The van der Waals surface area contributed by atoms with Gasteiger partial charge in [-0.1, -0.05) is 0 Å². The molecule has 2 aromatic heterocycles. The summed E-state index contributed by atoms with van der Waals surface area (Å²) in [5.41, 5.74) is 2.78. The molecule has 86 valence electrons. The summed E-state index contributed by atoms with van der Waals surface area (Å²) in [6, 6.07) is 4.19. The van der Waals surface area contributed by atoms with Crippen molar-refractivity contribution in [3.05, 3.63) is 27.7 Å². The molecule has 2 rings (SSSR count).